The molecule has 0 aliphatic heterocycles. The van der Waals surface area contributed by atoms with Crippen LogP contribution in [0.25, 0.3) is 0 Å². The second-order valence-corrected chi connectivity index (χ2v) is 10.9. The Hall–Kier alpha value is -0.154. The molecule has 0 fully saturated rings. The standard InChI is InChI=1S/C7H13NO.2C3H7.Ga/c1-4-8-6(2)5-7(3)9;2*1-3-2;/h5H,4H2,1-3H3,(H,8,9);2*1,3H2,2H3;/q;;;+1/p-1. The summed E-state index contributed by atoms with van der Waals surface area (Å²) in [6, 6.07) is 0. The first-order valence-corrected chi connectivity index (χ1v) is 11.0. The van der Waals surface area contributed by atoms with Crippen LogP contribution in [0.2, 0.25) is 9.95 Å². The van der Waals surface area contributed by atoms with Gasteiger partial charge in [-0.2, -0.15) is 0 Å². The van der Waals surface area contributed by atoms with Gasteiger partial charge in [-0.1, -0.05) is 0 Å². The van der Waals surface area contributed by atoms with E-state index in [1.165, 1.54) is 28.5 Å². The van der Waals surface area contributed by atoms with Crippen molar-refractivity contribution in [3.8, 4) is 0 Å². The van der Waals surface area contributed by atoms with Crippen LogP contribution in [0.1, 0.15) is 47.5 Å². The monoisotopic (exact) mass is 281 g/mol. The quantitative estimate of drug-likeness (QED) is 0.500. The van der Waals surface area contributed by atoms with E-state index in [1.54, 1.807) is 13.0 Å². The van der Waals surface area contributed by atoms with Crippen LogP contribution in [0.5, 0.6) is 0 Å². The minimum absolute atomic E-state index is 0.171. The van der Waals surface area contributed by atoms with Crippen molar-refractivity contribution in [2.24, 2.45) is 0 Å². The van der Waals surface area contributed by atoms with Crippen molar-refractivity contribution in [1.29, 1.82) is 0 Å². The molecule has 16 heavy (non-hydrogen) atoms. The van der Waals surface area contributed by atoms with E-state index >= 15 is 0 Å². The number of rotatable bonds is 8. The van der Waals surface area contributed by atoms with Gasteiger partial charge in [0.2, 0.25) is 0 Å². The summed E-state index contributed by atoms with van der Waals surface area (Å²) in [7, 11) is 0. The molecule has 0 unspecified atom stereocenters. The number of carbonyl (C=O) groups is 1. The van der Waals surface area contributed by atoms with Gasteiger partial charge in [0, 0.05) is 0 Å². The molecule has 2 nitrogen and oxygen atoms in total. The normalized spacial score (nSPS) is 11.4. The molecule has 0 saturated carbocycles. The number of ketones is 1. The number of hydrogen-bond acceptors (Lipinski definition) is 2. The Morgan fingerprint density at radius 2 is 1.62 bits per heavy atom. The summed E-state index contributed by atoms with van der Waals surface area (Å²) in [6.07, 6.45) is 4.37. The van der Waals surface area contributed by atoms with Gasteiger partial charge in [0.1, 0.15) is 0 Å². The Morgan fingerprint density at radius 3 is 1.94 bits per heavy atom. The van der Waals surface area contributed by atoms with Crippen LogP contribution in [0.4, 0.5) is 0 Å². The molecule has 0 N–H and O–H groups in total. The molecule has 0 aliphatic rings. The average molecular weight is 282 g/mol. The fraction of sp³-hybridized carbons (Fsp3) is 0.769. The van der Waals surface area contributed by atoms with Gasteiger partial charge in [0.05, 0.1) is 0 Å². The van der Waals surface area contributed by atoms with Crippen LogP contribution >= 0.6 is 0 Å². The van der Waals surface area contributed by atoms with Crippen molar-refractivity contribution in [1.82, 2.24) is 3.61 Å². The van der Waals surface area contributed by atoms with Crippen LogP contribution in [-0.2, 0) is 4.79 Å². The Bertz CT molecular complexity index is 232. The van der Waals surface area contributed by atoms with Crippen LogP contribution in [-0.4, -0.2) is 32.4 Å². The second-order valence-electron chi connectivity index (χ2n) is 4.41. The molecule has 0 radical (unpaired) electrons. The molecule has 0 amide bonds. The molecule has 0 heterocycles. The van der Waals surface area contributed by atoms with Crippen LogP contribution in [0, 0.1) is 0 Å². The van der Waals surface area contributed by atoms with Gasteiger partial charge in [-0.15, -0.1) is 0 Å². The predicted molar refractivity (Wildman–Crippen MR) is 72.8 cm³/mol. The van der Waals surface area contributed by atoms with E-state index < -0.39 is 16.5 Å². The zero-order chi connectivity index (χ0) is 12.6. The second kappa shape index (κ2) is 8.94. The average Bonchev–Trinajstić information content (AvgIpc) is 2.18. The first-order chi connectivity index (χ1) is 7.56. The maximum atomic E-state index is 11.1. The van der Waals surface area contributed by atoms with Crippen LogP contribution < -0.4 is 0 Å². The van der Waals surface area contributed by atoms with Crippen molar-refractivity contribution in [3.05, 3.63) is 11.8 Å². The van der Waals surface area contributed by atoms with Crippen molar-refractivity contribution in [3.63, 3.8) is 0 Å². The molecule has 0 saturated heterocycles. The Balaban J connectivity index is 4.70. The Labute approximate surface area is 106 Å². The van der Waals surface area contributed by atoms with E-state index in [0.29, 0.717) is 0 Å². The molecule has 0 aliphatic carbocycles. The van der Waals surface area contributed by atoms with Crippen LogP contribution in [0.3, 0.4) is 0 Å². The summed E-state index contributed by atoms with van der Waals surface area (Å²) in [5, 5.41) is 0. The first kappa shape index (κ1) is 15.8. The van der Waals surface area contributed by atoms with Gasteiger partial charge >= 0.3 is 106 Å². The van der Waals surface area contributed by atoms with E-state index in [9.17, 15) is 4.79 Å². The van der Waals surface area contributed by atoms with E-state index in [-0.39, 0.29) is 5.78 Å². The zero-order valence-corrected chi connectivity index (χ0v) is 14.0. The first-order valence-electron chi connectivity index (χ1n) is 6.52. The molecule has 0 spiro atoms. The van der Waals surface area contributed by atoms with Crippen LogP contribution in [0.15, 0.2) is 11.8 Å². The van der Waals surface area contributed by atoms with Crippen molar-refractivity contribution >= 4 is 22.2 Å². The predicted octanol–water partition coefficient (Wildman–Crippen LogP) is 3.61. The molecular weight excluding hydrogens is 256 g/mol. The number of hydrogen-bond donors (Lipinski definition) is 0. The number of nitrogens with zero attached hydrogens (tertiary/aromatic N) is 1. The zero-order valence-electron chi connectivity index (χ0n) is 11.5. The van der Waals surface area contributed by atoms with Gasteiger partial charge in [-0.3, -0.25) is 0 Å². The number of carbonyl (C=O) groups excluding carboxylic acids is 1. The molecule has 92 valence electrons. The van der Waals surface area contributed by atoms with Gasteiger partial charge in [-0.25, -0.2) is 0 Å². The third-order valence-electron chi connectivity index (χ3n) is 2.89. The summed E-state index contributed by atoms with van der Waals surface area (Å²) in [6.45, 7) is 11.5. The fourth-order valence-corrected chi connectivity index (χ4v) is 9.45. The van der Waals surface area contributed by atoms with E-state index in [1.807, 2.05) is 0 Å². The summed E-state index contributed by atoms with van der Waals surface area (Å²) in [4.78, 5) is 13.9. The molecule has 0 rings (SSSR count). The van der Waals surface area contributed by atoms with E-state index in [4.69, 9.17) is 0 Å². The van der Waals surface area contributed by atoms with Gasteiger partial charge in [-0.05, 0) is 0 Å². The van der Waals surface area contributed by atoms with Crippen molar-refractivity contribution in [2.45, 2.75) is 57.4 Å². The topological polar surface area (TPSA) is 20.3 Å². The summed E-state index contributed by atoms with van der Waals surface area (Å²) >= 11 is -1.36. The molecule has 0 bridgehead atoms. The third-order valence-corrected chi connectivity index (χ3v) is 11.6. The van der Waals surface area contributed by atoms with Gasteiger partial charge in [0.25, 0.3) is 0 Å². The molecule has 0 aromatic rings. The number of allylic oxidation sites excluding steroid dienone is 2. The Morgan fingerprint density at radius 1 is 1.12 bits per heavy atom. The third kappa shape index (κ3) is 5.80. The molecule has 0 atom stereocenters. The summed E-state index contributed by atoms with van der Waals surface area (Å²) in [5.74, 6) is 0.171. The summed E-state index contributed by atoms with van der Waals surface area (Å²) in [5.41, 5.74) is 1.20. The van der Waals surface area contributed by atoms with Gasteiger partial charge in [0.15, 0.2) is 0 Å². The Kier molecular flexibility index (Phi) is 8.85. The molecule has 3 heteroatoms. The van der Waals surface area contributed by atoms with Crippen molar-refractivity contribution in [2.75, 3.05) is 6.54 Å². The van der Waals surface area contributed by atoms with Crippen molar-refractivity contribution < 1.29 is 4.79 Å². The SMILES string of the molecule is CC[CH2][Ga]([CH2]CC)[N](CC)/C(C)=C\C(C)=O. The molecule has 0 aromatic carbocycles. The molecular formula is C13H26GaNO. The van der Waals surface area contributed by atoms with Gasteiger partial charge < -0.3 is 0 Å². The molecule has 0 aromatic heterocycles. The minimum atomic E-state index is -1.36. The van der Waals surface area contributed by atoms with E-state index in [2.05, 4.69) is 31.3 Å². The summed E-state index contributed by atoms with van der Waals surface area (Å²) < 4.78 is 2.56. The van der Waals surface area contributed by atoms with E-state index in [0.717, 1.165) is 6.54 Å². The maximum absolute atomic E-state index is 11.1. The fourth-order valence-electron chi connectivity index (χ4n) is 2.30.